The van der Waals surface area contributed by atoms with Crippen LogP contribution < -0.4 is 0 Å². The first-order valence-electron chi connectivity index (χ1n) is 5.38. The summed E-state index contributed by atoms with van der Waals surface area (Å²) in [7, 11) is 4.47. The fourth-order valence-electron chi connectivity index (χ4n) is 1.46. The highest BCUT2D eigenvalue weighted by Gasteiger charge is 2.08. The number of hydrogen-bond acceptors (Lipinski definition) is 3. The van der Waals surface area contributed by atoms with Crippen LogP contribution in [-0.2, 0) is 21.2 Å². The van der Waals surface area contributed by atoms with E-state index < -0.39 is 8.87 Å². The Morgan fingerprint density at radius 3 is 1.94 bits per heavy atom. The van der Waals surface area contributed by atoms with Crippen LogP contribution in [0.25, 0.3) is 0 Å². The highest BCUT2D eigenvalue weighted by atomic mass is 33.1. The van der Waals surface area contributed by atoms with E-state index in [0.717, 1.165) is 27.4 Å². The van der Waals surface area contributed by atoms with Crippen molar-refractivity contribution in [2.24, 2.45) is 0 Å². The van der Waals surface area contributed by atoms with Gasteiger partial charge in [-0.25, -0.2) is 8.42 Å². The van der Waals surface area contributed by atoms with Gasteiger partial charge in [-0.3, -0.25) is 0 Å². The van der Waals surface area contributed by atoms with Gasteiger partial charge in [0.05, 0.1) is 21.1 Å². The predicted molar refractivity (Wildman–Crippen MR) is 74.3 cm³/mol. The van der Waals surface area contributed by atoms with Gasteiger partial charge >= 0.3 is 0 Å². The maximum Gasteiger partial charge on any atom is 0.199 e. The average Bonchev–Trinajstić information content (AvgIpc) is 2.13. The molecule has 0 saturated carbocycles. The number of quaternary nitrogens is 1. The highest BCUT2D eigenvalue weighted by molar-refractivity contribution is 8.71. The summed E-state index contributed by atoms with van der Waals surface area (Å²) >= 11 is 0. The summed E-state index contributed by atoms with van der Waals surface area (Å²) in [6.07, 6.45) is 1.24. The lowest BCUT2D eigenvalue weighted by Gasteiger charge is -2.23. The first-order valence-corrected chi connectivity index (χ1v) is 8.78. The monoisotopic (exact) mass is 274 g/mol. The minimum absolute atomic E-state index is 0.517. The topological polar surface area (TPSA) is 34.1 Å². The Bertz CT molecular complexity index is 458. The Morgan fingerprint density at radius 2 is 1.53 bits per heavy atom. The van der Waals surface area contributed by atoms with Gasteiger partial charge in [0.2, 0.25) is 0 Å². The molecule has 0 amide bonds. The molecule has 3 nitrogen and oxygen atoms in total. The summed E-state index contributed by atoms with van der Waals surface area (Å²) in [5.41, 5.74) is 2.32. The Labute approximate surface area is 108 Å². The highest BCUT2D eigenvalue weighted by Crippen LogP contribution is 2.18. The minimum Gasteiger partial charge on any atom is -0.327 e. The van der Waals surface area contributed by atoms with Crippen LogP contribution in [0.5, 0.6) is 0 Å². The zero-order chi connectivity index (χ0) is 13.1. The van der Waals surface area contributed by atoms with Crippen molar-refractivity contribution in [3.63, 3.8) is 0 Å². The zero-order valence-corrected chi connectivity index (χ0v) is 12.4. The quantitative estimate of drug-likeness (QED) is 0.609. The summed E-state index contributed by atoms with van der Waals surface area (Å²) in [6, 6.07) is 8.15. The third kappa shape index (κ3) is 6.71. The minimum atomic E-state index is -2.95. The van der Waals surface area contributed by atoms with E-state index >= 15 is 0 Å². The lowest BCUT2D eigenvalue weighted by atomic mass is 10.1. The van der Waals surface area contributed by atoms with E-state index in [0.29, 0.717) is 5.75 Å². The van der Waals surface area contributed by atoms with E-state index in [9.17, 15) is 8.42 Å². The first kappa shape index (κ1) is 14.5. The molecule has 0 radical (unpaired) electrons. The maximum absolute atomic E-state index is 11.0. The smallest absolute Gasteiger partial charge is 0.199 e. The van der Waals surface area contributed by atoms with Crippen molar-refractivity contribution >= 4 is 19.7 Å². The lowest BCUT2D eigenvalue weighted by molar-refractivity contribution is -0.884. The fraction of sp³-hybridized carbons (Fsp3) is 0.500. The molecule has 0 spiro atoms. The lowest BCUT2D eigenvalue weighted by Crippen LogP contribution is -2.33. The summed E-state index contributed by atoms with van der Waals surface area (Å²) < 4.78 is 22.9. The standard InChI is InChI=1S/C12H20NO2S2/c1-13(2,3)9-11-5-7-12(8-6-11)10-16-17(4,14)15/h5-8H,9-10H2,1-4H3/q+1. The molecule has 0 aliphatic carbocycles. The molecule has 1 aromatic carbocycles. The van der Waals surface area contributed by atoms with Crippen LogP contribution in [-0.4, -0.2) is 40.3 Å². The van der Waals surface area contributed by atoms with Gasteiger partial charge in [0, 0.05) is 17.6 Å². The molecule has 0 unspecified atom stereocenters. The predicted octanol–water partition coefficient (Wildman–Crippen LogP) is 2.09. The average molecular weight is 274 g/mol. The molecule has 0 aromatic heterocycles. The van der Waals surface area contributed by atoms with Gasteiger partial charge in [0.1, 0.15) is 6.54 Å². The Balaban J connectivity index is 2.62. The Hall–Kier alpha value is -0.520. The number of nitrogens with zero attached hydrogens (tertiary/aromatic N) is 1. The van der Waals surface area contributed by atoms with Gasteiger partial charge in [-0.1, -0.05) is 24.3 Å². The van der Waals surface area contributed by atoms with Crippen LogP contribution in [0.3, 0.4) is 0 Å². The normalized spacial score (nSPS) is 12.7. The molecule has 17 heavy (non-hydrogen) atoms. The molecule has 0 saturated heterocycles. The van der Waals surface area contributed by atoms with E-state index in [-0.39, 0.29) is 0 Å². The number of benzene rings is 1. The maximum atomic E-state index is 11.0. The van der Waals surface area contributed by atoms with Crippen LogP contribution in [0.4, 0.5) is 0 Å². The zero-order valence-electron chi connectivity index (χ0n) is 10.8. The molecule has 0 heterocycles. The largest absolute Gasteiger partial charge is 0.327 e. The first-order chi connectivity index (χ1) is 7.66. The molecule has 5 heteroatoms. The SMILES string of the molecule is C[N+](C)(C)Cc1ccc(CSS(C)(=O)=O)cc1. The van der Waals surface area contributed by atoms with E-state index in [1.54, 1.807) is 0 Å². The van der Waals surface area contributed by atoms with Gasteiger partial charge in [0.15, 0.2) is 8.87 Å². The van der Waals surface area contributed by atoms with E-state index in [1.165, 1.54) is 11.8 Å². The van der Waals surface area contributed by atoms with Crippen molar-refractivity contribution < 1.29 is 12.9 Å². The molecular formula is C12H20NO2S2+. The summed E-state index contributed by atoms with van der Waals surface area (Å²) in [4.78, 5) is 0. The molecule has 0 N–H and O–H groups in total. The Morgan fingerprint density at radius 1 is 1.06 bits per heavy atom. The molecule has 1 rings (SSSR count). The second-order valence-corrected chi connectivity index (χ2v) is 9.69. The van der Waals surface area contributed by atoms with Crippen molar-refractivity contribution in [2.75, 3.05) is 27.4 Å². The van der Waals surface area contributed by atoms with E-state index in [1.807, 2.05) is 12.1 Å². The van der Waals surface area contributed by atoms with Crippen molar-refractivity contribution in [1.82, 2.24) is 0 Å². The van der Waals surface area contributed by atoms with Gasteiger partial charge < -0.3 is 4.48 Å². The molecule has 0 aliphatic rings. The summed E-state index contributed by atoms with van der Waals surface area (Å²) in [6.45, 7) is 0.972. The van der Waals surface area contributed by atoms with Crippen molar-refractivity contribution in [2.45, 2.75) is 12.3 Å². The van der Waals surface area contributed by atoms with Gasteiger partial charge in [-0.2, -0.15) is 0 Å². The van der Waals surface area contributed by atoms with Gasteiger partial charge in [0.25, 0.3) is 0 Å². The molecule has 0 aliphatic heterocycles. The number of hydrogen-bond donors (Lipinski definition) is 0. The van der Waals surface area contributed by atoms with E-state index in [2.05, 4.69) is 33.3 Å². The molecule has 0 fully saturated rings. The molecule has 1 aromatic rings. The van der Waals surface area contributed by atoms with Gasteiger partial charge in [-0.15, -0.1) is 0 Å². The summed E-state index contributed by atoms with van der Waals surface area (Å²) in [5.74, 6) is 0.517. The fourth-order valence-corrected chi connectivity index (χ4v) is 3.06. The van der Waals surface area contributed by atoms with Crippen molar-refractivity contribution in [1.29, 1.82) is 0 Å². The second-order valence-electron chi connectivity index (χ2n) is 5.23. The molecule has 96 valence electrons. The van der Waals surface area contributed by atoms with Crippen LogP contribution in [0.15, 0.2) is 24.3 Å². The summed E-state index contributed by atoms with van der Waals surface area (Å²) in [5, 5.41) is 0. The molecule has 0 atom stereocenters. The third-order valence-corrected chi connectivity index (χ3v) is 4.64. The van der Waals surface area contributed by atoms with Crippen LogP contribution in [0.2, 0.25) is 0 Å². The van der Waals surface area contributed by atoms with Crippen LogP contribution in [0.1, 0.15) is 11.1 Å². The third-order valence-electron chi connectivity index (χ3n) is 2.12. The molecular weight excluding hydrogens is 254 g/mol. The van der Waals surface area contributed by atoms with Crippen LogP contribution in [0, 0.1) is 0 Å². The molecule has 0 bridgehead atoms. The van der Waals surface area contributed by atoms with Gasteiger partial charge in [-0.05, 0) is 16.4 Å². The van der Waals surface area contributed by atoms with Crippen LogP contribution >= 0.6 is 10.8 Å². The van der Waals surface area contributed by atoms with Crippen molar-refractivity contribution in [3.8, 4) is 0 Å². The Kier molecular flexibility index (Phi) is 4.63. The number of rotatable bonds is 5. The van der Waals surface area contributed by atoms with Crippen molar-refractivity contribution in [3.05, 3.63) is 35.4 Å². The van der Waals surface area contributed by atoms with E-state index in [4.69, 9.17) is 0 Å². The second kappa shape index (κ2) is 5.42.